The number of methoxy groups -OCH3 is 1. The molecule has 2 heterocycles. The molecule has 0 aliphatic carbocycles. The van der Waals surface area contributed by atoms with Gasteiger partial charge in [0.25, 0.3) is 0 Å². The Labute approximate surface area is 149 Å². The summed E-state index contributed by atoms with van der Waals surface area (Å²) in [5, 5.41) is 2.91. The van der Waals surface area contributed by atoms with Crippen LogP contribution in [-0.2, 0) is 23.1 Å². The number of amides is 2. The molecule has 2 amide bonds. The fourth-order valence-electron chi connectivity index (χ4n) is 3.57. The average Bonchev–Trinajstić information content (AvgIpc) is 3.02. The fourth-order valence-corrected chi connectivity index (χ4v) is 4.76. The summed E-state index contributed by atoms with van der Waals surface area (Å²) in [5.74, 6) is 0.784. The molecule has 1 atom stereocenters. The third-order valence-electron chi connectivity index (χ3n) is 4.91. The molecule has 25 heavy (non-hydrogen) atoms. The predicted octanol–water partition coefficient (Wildman–Crippen LogP) is 1.53. The van der Waals surface area contributed by atoms with Gasteiger partial charge in [0.15, 0.2) is 0 Å². The molecule has 0 bridgehead atoms. The summed E-state index contributed by atoms with van der Waals surface area (Å²) >= 11 is 0. The Bertz CT molecular complexity index is 750. The molecule has 1 fully saturated rings. The number of piperidine rings is 1. The van der Waals surface area contributed by atoms with Gasteiger partial charge >= 0.3 is 6.03 Å². The monoisotopic (exact) mass is 367 g/mol. The maximum absolute atomic E-state index is 12.5. The number of sulfonamides is 1. The summed E-state index contributed by atoms with van der Waals surface area (Å²) in [4.78, 5) is 14.2. The number of carbonyl (C=O) groups excluding carboxylic acids is 1. The average molecular weight is 367 g/mol. The van der Waals surface area contributed by atoms with Gasteiger partial charge in [-0.15, -0.1) is 0 Å². The maximum Gasteiger partial charge on any atom is 0.318 e. The second-order valence-corrected chi connectivity index (χ2v) is 8.64. The number of rotatable bonds is 4. The van der Waals surface area contributed by atoms with Crippen molar-refractivity contribution >= 4 is 16.1 Å². The Hall–Kier alpha value is -1.80. The van der Waals surface area contributed by atoms with Crippen LogP contribution >= 0.6 is 0 Å². The molecule has 7 nitrogen and oxygen atoms in total. The van der Waals surface area contributed by atoms with Gasteiger partial charge in [0.2, 0.25) is 10.0 Å². The summed E-state index contributed by atoms with van der Waals surface area (Å²) < 4.78 is 30.5. The van der Waals surface area contributed by atoms with Gasteiger partial charge in [0.05, 0.1) is 13.4 Å². The highest BCUT2D eigenvalue weighted by atomic mass is 32.2. The highest BCUT2D eigenvalue weighted by molar-refractivity contribution is 7.88. The fraction of sp³-hybridized carbons (Fsp3) is 0.588. The quantitative estimate of drug-likeness (QED) is 0.875. The van der Waals surface area contributed by atoms with Crippen molar-refractivity contribution < 1.29 is 17.9 Å². The normalized spacial score (nSPS) is 21.0. The molecular weight excluding hydrogens is 342 g/mol. The van der Waals surface area contributed by atoms with E-state index >= 15 is 0 Å². The van der Waals surface area contributed by atoms with Crippen molar-refractivity contribution in [1.82, 2.24) is 14.5 Å². The van der Waals surface area contributed by atoms with Gasteiger partial charge in [-0.3, -0.25) is 0 Å². The van der Waals surface area contributed by atoms with Crippen molar-refractivity contribution in [3.05, 3.63) is 29.3 Å². The van der Waals surface area contributed by atoms with Crippen molar-refractivity contribution in [2.45, 2.75) is 38.4 Å². The van der Waals surface area contributed by atoms with Crippen LogP contribution in [0.25, 0.3) is 0 Å². The Morgan fingerprint density at radius 2 is 2.04 bits per heavy atom. The van der Waals surface area contributed by atoms with E-state index in [1.165, 1.54) is 10.6 Å². The Morgan fingerprint density at radius 1 is 1.28 bits per heavy atom. The van der Waals surface area contributed by atoms with E-state index in [0.29, 0.717) is 26.2 Å². The van der Waals surface area contributed by atoms with Crippen molar-refractivity contribution in [3.63, 3.8) is 0 Å². The number of nitrogens with one attached hydrogen (secondary N) is 1. The van der Waals surface area contributed by atoms with Crippen LogP contribution in [0.4, 0.5) is 4.79 Å². The molecule has 1 unspecified atom stereocenters. The van der Waals surface area contributed by atoms with Crippen LogP contribution in [0.3, 0.4) is 0 Å². The number of hydrogen-bond acceptors (Lipinski definition) is 4. The van der Waals surface area contributed by atoms with E-state index in [4.69, 9.17) is 4.74 Å². The van der Waals surface area contributed by atoms with Gasteiger partial charge < -0.3 is 15.0 Å². The van der Waals surface area contributed by atoms with Crippen LogP contribution in [0.15, 0.2) is 18.2 Å². The lowest BCUT2D eigenvalue weighted by molar-refractivity contribution is 0.190. The molecule has 1 aromatic rings. The van der Waals surface area contributed by atoms with Crippen LogP contribution in [0.5, 0.6) is 5.75 Å². The molecule has 1 saturated heterocycles. The predicted molar refractivity (Wildman–Crippen MR) is 94.8 cm³/mol. The van der Waals surface area contributed by atoms with Gasteiger partial charge in [0, 0.05) is 32.2 Å². The van der Waals surface area contributed by atoms with Crippen LogP contribution in [0.2, 0.25) is 0 Å². The standard InChI is InChI=1S/C17H25N3O4S/c1-24-16-7-6-13-11-19(12-14(13)9-16)17(21)18-10-15-5-3-4-8-20(15)25(2,22)23/h6-7,9,15H,3-5,8,10-12H2,1-2H3,(H,18,21). The second kappa shape index (κ2) is 7.21. The zero-order valence-corrected chi connectivity index (χ0v) is 15.5. The molecule has 0 radical (unpaired) electrons. The molecule has 3 rings (SSSR count). The molecule has 1 N–H and O–H groups in total. The summed E-state index contributed by atoms with van der Waals surface area (Å²) in [6.07, 6.45) is 3.88. The van der Waals surface area contributed by atoms with Crippen molar-refractivity contribution in [3.8, 4) is 5.75 Å². The Balaban J connectivity index is 1.58. The summed E-state index contributed by atoms with van der Waals surface area (Å²) in [6.45, 7) is 1.99. The van der Waals surface area contributed by atoms with Crippen molar-refractivity contribution in [2.75, 3.05) is 26.5 Å². The van der Waals surface area contributed by atoms with Gasteiger partial charge in [0.1, 0.15) is 5.75 Å². The maximum atomic E-state index is 12.5. The molecule has 2 aliphatic rings. The van der Waals surface area contributed by atoms with Crippen LogP contribution < -0.4 is 10.1 Å². The third kappa shape index (κ3) is 4.07. The Morgan fingerprint density at radius 3 is 2.76 bits per heavy atom. The first-order chi connectivity index (χ1) is 11.9. The van der Waals surface area contributed by atoms with Crippen LogP contribution in [0.1, 0.15) is 30.4 Å². The zero-order valence-electron chi connectivity index (χ0n) is 14.7. The number of carbonyl (C=O) groups is 1. The zero-order chi connectivity index (χ0) is 18.0. The van der Waals surface area contributed by atoms with Crippen molar-refractivity contribution in [1.29, 1.82) is 0 Å². The molecule has 8 heteroatoms. The topological polar surface area (TPSA) is 79.0 Å². The minimum Gasteiger partial charge on any atom is -0.497 e. The molecule has 1 aromatic carbocycles. The molecule has 0 aromatic heterocycles. The summed E-state index contributed by atoms with van der Waals surface area (Å²) in [7, 11) is -1.61. The van der Waals surface area contributed by atoms with Crippen LogP contribution in [0, 0.1) is 0 Å². The minimum atomic E-state index is -3.24. The van der Waals surface area contributed by atoms with E-state index in [1.54, 1.807) is 12.0 Å². The largest absolute Gasteiger partial charge is 0.497 e. The SMILES string of the molecule is COc1ccc2c(c1)CN(C(=O)NCC1CCCCN1S(C)(=O)=O)C2. The number of nitrogens with zero attached hydrogens (tertiary/aromatic N) is 2. The molecular formula is C17H25N3O4S. The third-order valence-corrected chi connectivity index (χ3v) is 6.24. The first-order valence-electron chi connectivity index (χ1n) is 8.54. The Kier molecular flexibility index (Phi) is 5.19. The highest BCUT2D eigenvalue weighted by Crippen LogP contribution is 2.26. The van der Waals surface area contributed by atoms with E-state index in [0.717, 1.165) is 36.1 Å². The first kappa shape index (κ1) is 18.0. The first-order valence-corrected chi connectivity index (χ1v) is 10.4. The van der Waals surface area contributed by atoms with E-state index in [9.17, 15) is 13.2 Å². The van der Waals surface area contributed by atoms with Gasteiger partial charge in [-0.25, -0.2) is 13.2 Å². The number of ether oxygens (including phenoxy) is 1. The summed E-state index contributed by atoms with van der Waals surface area (Å²) in [5.41, 5.74) is 2.20. The van der Waals surface area contributed by atoms with Crippen molar-refractivity contribution in [2.24, 2.45) is 0 Å². The van der Waals surface area contributed by atoms with Gasteiger partial charge in [-0.05, 0) is 36.1 Å². The van der Waals surface area contributed by atoms with Gasteiger partial charge in [-0.2, -0.15) is 4.31 Å². The molecule has 138 valence electrons. The molecule has 0 saturated carbocycles. The van der Waals surface area contributed by atoms with Crippen LogP contribution in [-0.4, -0.2) is 56.2 Å². The van der Waals surface area contributed by atoms with E-state index < -0.39 is 10.0 Å². The lowest BCUT2D eigenvalue weighted by Crippen LogP contribution is -2.50. The molecule has 2 aliphatic heterocycles. The second-order valence-electron chi connectivity index (χ2n) is 6.70. The van der Waals surface area contributed by atoms with E-state index in [1.807, 2.05) is 18.2 Å². The van der Waals surface area contributed by atoms with E-state index in [2.05, 4.69) is 5.32 Å². The lowest BCUT2D eigenvalue weighted by Gasteiger charge is -2.34. The minimum absolute atomic E-state index is 0.155. The number of urea groups is 1. The lowest BCUT2D eigenvalue weighted by atomic mass is 10.1. The van der Waals surface area contributed by atoms with Gasteiger partial charge in [-0.1, -0.05) is 12.5 Å². The number of benzene rings is 1. The number of fused-ring (bicyclic) bond motifs is 1. The number of hydrogen-bond donors (Lipinski definition) is 1. The molecule has 0 spiro atoms. The smallest absolute Gasteiger partial charge is 0.318 e. The highest BCUT2D eigenvalue weighted by Gasteiger charge is 2.30. The summed E-state index contributed by atoms with van der Waals surface area (Å²) in [6, 6.07) is 5.52. The van der Waals surface area contributed by atoms with E-state index in [-0.39, 0.29) is 12.1 Å².